The van der Waals surface area contributed by atoms with Gasteiger partial charge in [0.15, 0.2) is 0 Å². The van der Waals surface area contributed by atoms with E-state index in [1.54, 1.807) is 6.08 Å². The third-order valence-corrected chi connectivity index (χ3v) is 8.09. The lowest BCUT2D eigenvalue weighted by Crippen LogP contribution is -2.67. The molecular formula is C21H33NO4. The van der Waals surface area contributed by atoms with Crippen molar-refractivity contribution in [1.29, 1.82) is 0 Å². The molecule has 5 nitrogen and oxygen atoms in total. The van der Waals surface area contributed by atoms with Gasteiger partial charge in [-0.15, -0.1) is 0 Å². The maximum Gasteiger partial charge on any atom is 0.324 e. The number of fused-ring (bicyclic) bond motifs is 3. The number of aliphatic carboxylic acids is 1. The van der Waals surface area contributed by atoms with Crippen molar-refractivity contribution in [2.24, 2.45) is 23.7 Å². The van der Waals surface area contributed by atoms with Crippen LogP contribution in [0.25, 0.3) is 0 Å². The van der Waals surface area contributed by atoms with Crippen LogP contribution in [0.3, 0.4) is 0 Å². The van der Waals surface area contributed by atoms with Gasteiger partial charge in [0, 0.05) is 18.0 Å². The van der Waals surface area contributed by atoms with Gasteiger partial charge in [0.25, 0.3) is 0 Å². The number of hydrogen-bond acceptors (Lipinski definition) is 4. The van der Waals surface area contributed by atoms with Gasteiger partial charge >= 0.3 is 5.97 Å². The second kappa shape index (κ2) is 6.92. The Morgan fingerprint density at radius 3 is 2.69 bits per heavy atom. The van der Waals surface area contributed by atoms with Gasteiger partial charge in [-0.25, -0.2) is 0 Å². The molecule has 4 aliphatic rings. The lowest BCUT2D eigenvalue weighted by molar-refractivity contribution is -0.171. The number of carboxylic acids is 1. The molecule has 26 heavy (non-hydrogen) atoms. The van der Waals surface area contributed by atoms with E-state index in [0.717, 1.165) is 44.9 Å². The first-order chi connectivity index (χ1) is 12.5. The van der Waals surface area contributed by atoms with Crippen molar-refractivity contribution in [2.75, 3.05) is 6.61 Å². The molecule has 2 saturated carbocycles. The average molecular weight is 363 g/mol. The summed E-state index contributed by atoms with van der Waals surface area (Å²) in [5.41, 5.74) is -0.719. The van der Waals surface area contributed by atoms with Crippen molar-refractivity contribution in [3.63, 3.8) is 0 Å². The zero-order valence-electron chi connectivity index (χ0n) is 15.8. The monoisotopic (exact) mass is 363 g/mol. The molecular weight excluding hydrogens is 330 g/mol. The Morgan fingerprint density at radius 2 is 2.04 bits per heavy atom. The molecule has 0 aromatic carbocycles. The highest BCUT2D eigenvalue weighted by molar-refractivity contribution is 5.80. The highest BCUT2D eigenvalue weighted by atomic mass is 16.4. The number of hydrogen-bond donors (Lipinski definition) is 3. The number of piperidine rings is 1. The van der Waals surface area contributed by atoms with E-state index in [-0.39, 0.29) is 24.5 Å². The lowest BCUT2D eigenvalue weighted by atomic mass is 9.60. The summed E-state index contributed by atoms with van der Waals surface area (Å²) in [5.74, 6) is 0.678. The topological polar surface area (TPSA) is 81.0 Å². The van der Waals surface area contributed by atoms with E-state index in [4.69, 9.17) is 5.11 Å². The van der Waals surface area contributed by atoms with Gasteiger partial charge < -0.3 is 15.3 Å². The molecule has 2 unspecified atom stereocenters. The van der Waals surface area contributed by atoms with Crippen LogP contribution in [0, 0.1) is 23.7 Å². The minimum absolute atomic E-state index is 0.00665. The number of nitrogens with zero attached hydrogens (tertiary/aromatic N) is 1. The summed E-state index contributed by atoms with van der Waals surface area (Å²) in [4.78, 5) is 15.0. The van der Waals surface area contributed by atoms with Crippen molar-refractivity contribution < 1.29 is 20.1 Å². The van der Waals surface area contributed by atoms with Crippen molar-refractivity contribution >= 4 is 5.97 Å². The van der Waals surface area contributed by atoms with Crippen molar-refractivity contribution in [3.05, 3.63) is 12.2 Å². The summed E-state index contributed by atoms with van der Waals surface area (Å²) in [6.07, 6.45) is 11.0. The van der Waals surface area contributed by atoms with Crippen molar-refractivity contribution in [1.82, 2.24) is 4.90 Å². The second-order valence-electron chi connectivity index (χ2n) is 9.08. The number of carbonyl (C=O) groups is 1. The molecule has 6 atom stereocenters. The average Bonchev–Trinajstić information content (AvgIpc) is 3.07. The van der Waals surface area contributed by atoms with Crippen LogP contribution in [-0.4, -0.2) is 56.5 Å². The van der Waals surface area contributed by atoms with Gasteiger partial charge in [-0.1, -0.05) is 25.5 Å². The number of carboxylic acid groups (broad SMARTS) is 1. The van der Waals surface area contributed by atoms with Crippen LogP contribution in [0.15, 0.2) is 12.2 Å². The number of aliphatic hydroxyl groups excluding tert-OH is 2. The van der Waals surface area contributed by atoms with Crippen LogP contribution >= 0.6 is 0 Å². The normalized spacial score (nSPS) is 48.3. The van der Waals surface area contributed by atoms with Crippen molar-refractivity contribution in [3.8, 4) is 0 Å². The SMILES string of the molecule is CCC1CC(C2(C(=O)O)CCCC3C[C@@H]4[C@@H](C=CCO)[C@H](O)C[C@H]4N32)C1. The highest BCUT2D eigenvalue weighted by Gasteiger charge is 2.64. The van der Waals surface area contributed by atoms with Gasteiger partial charge in [0.05, 0.1) is 12.7 Å². The smallest absolute Gasteiger partial charge is 0.324 e. The highest BCUT2D eigenvalue weighted by Crippen LogP contribution is 2.57. The molecule has 5 heteroatoms. The zero-order valence-corrected chi connectivity index (χ0v) is 15.8. The molecule has 0 amide bonds. The minimum atomic E-state index is -0.719. The van der Waals surface area contributed by atoms with Crippen LogP contribution < -0.4 is 0 Å². The summed E-state index contributed by atoms with van der Waals surface area (Å²) in [6, 6.07) is 0.508. The second-order valence-corrected chi connectivity index (χ2v) is 9.08. The van der Waals surface area contributed by atoms with Crippen molar-refractivity contribution in [2.45, 2.75) is 82.0 Å². The molecule has 0 aromatic rings. The number of aliphatic hydroxyl groups is 2. The summed E-state index contributed by atoms with van der Waals surface area (Å²) < 4.78 is 0. The van der Waals surface area contributed by atoms with Gasteiger partial charge in [0.1, 0.15) is 5.54 Å². The summed E-state index contributed by atoms with van der Waals surface area (Å²) in [6.45, 7) is 2.20. The third-order valence-electron chi connectivity index (χ3n) is 8.09. The van der Waals surface area contributed by atoms with E-state index in [1.807, 2.05) is 6.08 Å². The molecule has 2 aliphatic heterocycles. The number of rotatable bonds is 5. The zero-order chi connectivity index (χ0) is 18.5. The van der Waals surface area contributed by atoms with Crippen LogP contribution in [0.2, 0.25) is 0 Å². The van der Waals surface area contributed by atoms with Gasteiger partial charge in [-0.05, 0) is 62.7 Å². The molecule has 4 rings (SSSR count). The Balaban J connectivity index is 1.64. The van der Waals surface area contributed by atoms with Crippen LogP contribution in [-0.2, 0) is 4.79 Å². The molecule has 2 heterocycles. The van der Waals surface area contributed by atoms with Crippen LogP contribution in [0.5, 0.6) is 0 Å². The first-order valence-electron chi connectivity index (χ1n) is 10.5. The van der Waals surface area contributed by atoms with Gasteiger partial charge in [-0.2, -0.15) is 0 Å². The van der Waals surface area contributed by atoms with E-state index in [9.17, 15) is 15.0 Å². The van der Waals surface area contributed by atoms with E-state index < -0.39 is 17.6 Å². The minimum Gasteiger partial charge on any atom is -0.480 e. The predicted octanol–water partition coefficient (Wildman–Crippen LogP) is 2.42. The standard InChI is InChI=1S/C21H33NO4/c1-2-13-9-14(10-13)21(20(25)26)7-3-5-15-11-17-16(6-4-8-23)19(24)12-18(17)22(15)21/h4,6,13-19,23-24H,2-3,5,7-12H2,1H3,(H,25,26)/t13?,14?,15?,16-,17-,18-,19-,21?/m1/s1. The van der Waals surface area contributed by atoms with Gasteiger partial charge in [0.2, 0.25) is 0 Å². The Bertz CT molecular complexity index is 572. The molecule has 4 fully saturated rings. The molecule has 0 aromatic heterocycles. The molecule has 2 aliphatic carbocycles. The van der Waals surface area contributed by atoms with E-state index in [1.165, 1.54) is 0 Å². The van der Waals surface area contributed by atoms with E-state index in [0.29, 0.717) is 24.3 Å². The summed E-state index contributed by atoms with van der Waals surface area (Å²) >= 11 is 0. The Hall–Kier alpha value is -0.910. The fourth-order valence-corrected chi connectivity index (χ4v) is 6.82. The van der Waals surface area contributed by atoms with Crippen LogP contribution in [0.4, 0.5) is 0 Å². The molecule has 0 spiro atoms. The molecule has 146 valence electrons. The molecule has 0 radical (unpaired) electrons. The maximum absolute atomic E-state index is 12.6. The Morgan fingerprint density at radius 1 is 1.27 bits per heavy atom. The third kappa shape index (κ3) is 2.58. The fraction of sp³-hybridized carbons (Fsp3) is 0.857. The lowest BCUT2D eigenvalue weighted by Gasteiger charge is -2.56. The molecule has 2 saturated heterocycles. The first-order valence-corrected chi connectivity index (χ1v) is 10.5. The Kier molecular flexibility index (Phi) is 4.91. The largest absolute Gasteiger partial charge is 0.480 e. The van der Waals surface area contributed by atoms with Crippen LogP contribution in [0.1, 0.15) is 58.3 Å². The first kappa shape index (κ1) is 18.5. The fourth-order valence-electron chi connectivity index (χ4n) is 6.82. The van der Waals surface area contributed by atoms with E-state index in [2.05, 4.69) is 11.8 Å². The summed E-state index contributed by atoms with van der Waals surface area (Å²) in [7, 11) is 0. The molecule has 0 bridgehead atoms. The summed E-state index contributed by atoms with van der Waals surface area (Å²) in [5, 5.41) is 30.1. The predicted molar refractivity (Wildman–Crippen MR) is 98.6 cm³/mol. The van der Waals surface area contributed by atoms with E-state index >= 15 is 0 Å². The molecule has 3 N–H and O–H groups in total. The quantitative estimate of drug-likeness (QED) is 0.654. The Labute approximate surface area is 156 Å². The van der Waals surface area contributed by atoms with Gasteiger partial charge in [-0.3, -0.25) is 9.69 Å². The maximum atomic E-state index is 12.6.